The number of H-pyrrole nitrogens is 1. The summed E-state index contributed by atoms with van der Waals surface area (Å²) in [6.45, 7) is 9.72. The monoisotopic (exact) mass is 330 g/mol. The van der Waals surface area contributed by atoms with Crippen LogP contribution < -0.4 is 11.3 Å². The number of ether oxygens (including phenoxy) is 1. The Morgan fingerprint density at radius 2 is 1.88 bits per heavy atom. The highest BCUT2D eigenvalue weighted by molar-refractivity contribution is 5.86. The zero-order valence-corrected chi connectivity index (χ0v) is 15.0. The summed E-state index contributed by atoms with van der Waals surface area (Å²) in [6.07, 6.45) is 0.206. The number of fused-ring (bicyclic) bond motifs is 1. The molecule has 0 radical (unpaired) electrons. The molecule has 130 valence electrons. The second-order valence-corrected chi connectivity index (χ2v) is 7.79. The first-order valence-electron chi connectivity index (χ1n) is 8.15. The molecule has 1 unspecified atom stereocenters. The van der Waals surface area contributed by atoms with Crippen LogP contribution in [0, 0.1) is 5.41 Å². The van der Waals surface area contributed by atoms with Crippen molar-refractivity contribution >= 4 is 16.9 Å². The van der Waals surface area contributed by atoms with Gasteiger partial charge in [-0.25, -0.2) is 4.79 Å². The Kier molecular flexibility index (Phi) is 4.85. The van der Waals surface area contributed by atoms with Gasteiger partial charge in [0.2, 0.25) is 5.56 Å². The third-order valence-corrected chi connectivity index (χ3v) is 3.75. The topological polar surface area (TPSA) is 85.2 Å². The van der Waals surface area contributed by atoms with Crippen molar-refractivity contribution in [3.8, 4) is 0 Å². The fourth-order valence-corrected chi connectivity index (χ4v) is 2.88. The SMILES string of the molecule is CC(C)OC(=O)C(N)(CC(C)(C)C)c1ccc2[nH]c(=O)ccc2c1. The Bertz CT molecular complexity index is 802. The smallest absolute Gasteiger partial charge is 0.331 e. The van der Waals surface area contributed by atoms with Gasteiger partial charge in [-0.2, -0.15) is 0 Å². The first-order valence-corrected chi connectivity index (χ1v) is 8.15. The van der Waals surface area contributed by atoms with Crippen molar-refractivity contribution in [3.63, 3.8) is 0 Å². The van der Waals surface area contributed by atoms with E-state index in [0.29, 0.717) is 17.5 Å². The number of pyridine rings is 1. The summed E-state index contributed by atoms with van der Waals surface area (Å²) in [5, 5.41) is 0.827. The molecule has 2 aromatic rings. The van der Waals surface area contributed by atoms with Gasteiger partial charge in [-0.05, 0) is 54.8 Å². The van der Waals surface area contributed by atoms with E-state index in [1.54, 1.807) is 32.0 Å². The van der Waals surface area contributed by atoms with E-state index in [2.05, 4.69) is 4.98 Å². The van der Waals surface area contributed by atoms with Gasteiger partial charge in [0, 0.05) is 11.6 Å². The molecular weight excluding hydrogens is 304 g/mol. The van der Waals surface area contributed by atoms with Crippen molar-refractivity contribution in [2.45, 2.75) is 52.7 Å². The number of aromatic amines is 1. The van der Waals surface area contributed by atoms with Gasteiger partial charge in [-0.1, -0.05) is 26.8 Å². The van der Waals surface area contributed by atoms with Crippen molar-refractivity contribution in [1.29, 1.82) is 0 Å². The highest BCUT2D eigenvalue weighted by Crippen LogP contribution is 2.35. The van der Waals surface area contributed by atoms with E-state index in [0.717, 1.165) is 5.39 Å². The fraction of sp³-hybridized carbons (Fsp3) is 0.474. The molecule has 1 aromatic carbocycles. The molecule has 0 saturated heterocycles. The molecule has 0 bridgehead atoms. The maximum absolute atomic E-state index is 12.7. The second-order valence-electron chi connectivity index (χ2n) is 7.79. The molecule has 0 fully saturated rings. The molecule has 2 rings (SSSR count). The quantitative estimate of drug-likeness (QED) is 0.844. The summed E-state index contributed by atoms with van der Waals surface area (Å²) >= 11 is 0. The van der Waals surface area contributed by atoms with Crippen LogP contribution in [0.3, 0.4) is 0 Å². The third kappa shape index (κ3) is 4.03. The number of benzene rings is 1. The Labute approximate surface area is 142 Å². The minimum Gasteiger partial charge on any atom is -0.461 e. The normalized spacial score (nSPS) is 14.6. The van der Waals surface area contributed by atoms with E-state index < -0.39 is 11.5 Å². The highest BCUT2D eigenvalue weighted by Gasteiger charge is 2.41. The summed E-state index contributed by atoms with van der Waals surface area (Å²) in [6, 6.07) is 8.59. The van der Waals surface area contributed by atoms with Crippen LogP contribution in [-0.4, -0.2) is 17.1 Å². The molecule has 0 saturated carbocycles. The Morgan fingerprint density at radius 3 is 2.46 bits per heavy atom. The second kappa shape index (κ2) is 6.40. The molecule has 5 heteroatoms. The van der Waals surface area contributed by atoms with Crippen LogP contribution >= 0.6 is 0 Å². The van der Waals surface area contributed by atoms with Gasteiger partial charge in [-0.15, -0.1) is 0 Å². The van der Waals surface area contributed by atoms with E-state index in [4.69, 9.17) is 10.5 Å². The Balaban J connectivity index is 2.55. The van der Waals surface area contributed by atoms with Crippen LogP contribution in [0.25, 0.3) is 10.9 Å². The fourth-order valence-electron chi connectivity index (χ4n) is 2.88. The number of rotatable bonds is 4. The highest BCUT2D eigenvalue weighted by atomic mass is 16.5. The first-order chi connectivity index (χ1) is 11.0. The molecule has 0 spiro atoms. The first kappa shape index (κ1) is 18.2. The lowest BCUT2D eigenvalue weighted by atomic mass is 9.76. The van der Waals surface area contributed by atoms with Gasteiger partial charge in [0.15, 0.2) is 0 Å². The molecule has 5 nitrogen and oxygen atoms in total. The molecule has 3 N–H and O–H groups in total. The average Bonchev–Trinajstić information content (AvgIpc) is 2.44. The van der Waals surface area contributed by atoms with Crippen LogP contribution in [0.4, 0.5) is 0 Å². The number of carbonyl (C=O) groups is 1. The largest absolute Gasteiger partial charge is 0.461 e. The molecule has 24 heavy (non-hydrogen) atoms. The van der Waals surface area contributed by atoms with Gasteiger partial charge in [0.25, 0.3) is 0 Å². The number of nitrogens with one attached hydrogen (secondary N) is 1. The van der Waals surface area contributed by atoms with E-state index in [1.807, 2.05) is 26.8 Å². The van der Waals surface area contributed by atoms with E-state index in [1.165, 1.54) is 6.07 Å². The molecule has 0 aliphatic heterocycles. The number of hydrogen-bond acceptors (Lipinski definition) is 4. The summed E-state index contributed by atoms with van der Waals surface area (Å²) in [5.41, 5.74) is 6.40. The lowest BCUT2D eigenvalue weighted by Crippen LogP contribution is -2.49. The minimum atomic E-state index is -1.24. The molecule has 0 aliphatic carbocycles. The zero-order valence-electron chi connectivity index (χ0n) is 15.0. The number of esters is 1. The van der Waals surface area contributed by atoms with E-state index in [9.17, 15) is 9.59 Å². The molecule has 0 aliphatic rings. The van der Waals surface area contributed by atoms with Gasteiger partial charge in [-0.3, -0.25) is 4.79 Å². The summed E-state index contributed by atoms with van der Waals surface area (Å²) in [7, 11) is 0. The molecule has 1 aromatic heterocycles. The van der Waals surface area contributed by atoms with E-state index >= 15 is 0 Å². The lowest BCUT2D eigenvalue weighted by molar-refractivity contribution is -0.156. The van der Waals surface area contributed by atoms with Gasteiger partial charge in [0.1, 0.15) is 5.54 Å². The van der Waals surface area contributed by atoms with Crippen LogP contribution in [0.1, 0.15) is 46.6 Å². The van der Waals surface area contributed by atoms with Gasteiger partial charge in [0.05, 0.1) is 6.10 Å². The average molecular weight is 330 g/mol. The Morgan fingerprint density at radius 1 is 1.21 bits per heavy atom. The van der Waals surface area contributed by atoms with Crippen molar-refractivity contribution in [2.24, 2.45) is 11.1 Å². The predicted molar refractivity (Wildman–Crippen MR) is 95.7 cm³/mol. The zero-order chi connectivity index (χ0) is 18.1. The van der Waals surface area contributed by atoms with Gasteiger partial charge >= 0.3 is 5.97 Å². The summed E-state index contributed by atoms with van der Waals surface area (Å²) < 4.78 is 5.43. The van der Waals surface area contributed by atoms with Crippen molar-refractivity contribution in [1.82, 2.24) is 4.98 Å². The molecular formula is C19H26N2O3. The lowest BCUT2D eigenvalue weighted by Gasteiger charge is -2.34. The predicted octanol–water partition coefficient (Wildman–Crippen LogP) is 3.07. The summed E-state index contributed by atoms with van der Waals surface area (Å²) in [5.74, 6) is -0.434. The maximum Gasteiger partial charge on any atom is 0.331 e. The molecule has 1 atom stereocenters. The molecule has 0 amide bonds. The number of nitrogens with two attached hydrogens (primary N) is 1. The van der Waals surface area contributed by atoms with Crippen molar-refractivity contribution in [3.05, 3.63) is 46.2 Å². The van der Waals surface area contributed by atoms with Crippen LogP contribution in [0.15, 0.2) is 35.1 Å². The summed E-state index contributed by atoms with van der Waals surface area (Å²) in [4.78, 5) is 26.9. The Hall–Kier alpha value is -2.14. The van der Waals surface area contributed by atoms with E-state index in [-0.39, 0.29) is 17.1 Å². The number of hydrogen-bond donors (Lipinski definition) is 2. The third-order valence-electron chi connectivity index (χ3n) is 3.75. The number of aromatic nitrogens is 1. The van der Waals surface area contributed by atoms with Crippen LogP contribution in [0.2, 0.25) is 0 Å². The molecule has 1 heterocycles. The maximum atomic E-state index is 12.7. The van der Waals surface area contributed by atoms with Crippen molar-refractivity contribution in [2.75, 3.05) is 0 Å². The number of carbonyl (C=O) groups excluding carboxylic acids is 1. The standard InChI is InChI=1S/C19H26N2O3/c1-12(2)24-17(23)19(20,11-18(3,4)5)14-7-8-15-13(10-14)6-9-16(22)21-15/h6-10,12H,11,20H2,1-5H3,(H,21,22). The van der Waals surface area contributed by atoms with Crippen LogP contribution in [0.5, 0.6) is 0 Å². The van der Waals surface area contributed by atoms with Crippen LogP contribution in [-0.2, 0) is 15.1 Å². The van der Waals surface area contributed by atoms with Crippen molar-refractivity contribution < 1.29 is 9.53 Å². The minimum absolute atomic E-state index is 0.162. The van der Waals surface area contributed by atoms with Gasteiger partial charge < -0.3 is 15.5 Å².